The van der Waals surface area contributed by atoms with E-state index in [4.69, 9.17) is 4.52 Å². The van der Waals surface area contributed by atoms with Crippen LogP contribution in [0.4, 0.5) is 0 Å². The van der Waals surface area contributed by atoms with Crippen molar-refractivity contribution in [3.63, 3.8) is 0 Å². The molecule has 1 unspecified atom stereocenters. The van der Waals surface area contributed by atoms with Crippen LogP contribution in [0.15, 0.2) is 4.52 Å². The summed E-state index contributed by atoms with van der Waals surface area (Å²) in [5, 5.41) is 17.7. The Hall–Kier alpha value is -1.69. The van der Waals surface area contributed by atoms with Crippen molar-refractivity contribution in [2.45, 2.75) is 33.3 Å². The minimum atomic E-state index is -0.676. The van der Waals surface area contributed by atoms with E-state index in [1.807, 2.05) is 27.8 Å². The predicted octanol–water partition coefficient (Wildman–Crippen LogP) is 1.53. The average molecular weight is 236 g/mol. The molecular weight excluding hydrogens is 220 g/mol. The van der Waals surface area contributed by atoms with E-state index in [2.05, 4.69) is 15.2 Å². The van der Waals surface area contributed by atoms with Crippen LogP contribution in [0.2, 0.25) is 0 Å². The Morgan fingerprint density at radius 2 is 2.12 bits per heavy atom. The van der Waals surface area contributed by atoms with Crippen LogP contribution in [0.3, 0.4) is 0 Å². The third-order valence-electron chi connectivity index (χ3n) is 2.85. The Kier molecular flexibility index (Phi) is 2.97. The van der Waals surface area contributed by atoms with Crippen molar-refractivity contribution >= 4 is 0 Å². The molecule has 2 aromatic heterocycles. The minimum Gasteiger partial charge on any atom is -0.385 e. The summed E-state index contributed by atoms with van der Waals surface area (Å²) in [5.41, 5.74) is 2.64. The summed E-state index contributed by atoms with van der Waals surface area (Å²) in [5.74, 6) is 0.737. The van der Waals surface area contributed by atoms with Gasteiger partial charge in [-0.25, -0.2) is 0 Å². The molecule has 92 valence electrons. The lowest BCUT2D eigenvalue weighted by molar-refractivity contribution is 0.159. The number of nitrogens with zero attached hydrogens (tertiary/aromatic N) is 4. The molecule has 2 aromatic rings. The molecule has 2 heterocycles. The summed E-state index contributed by atoms with van der Waals surface area (Å²) in [6.45, 7) is 5.69. The first kappa shape index (κ1) is 11.8. The van der Waals surface area contributed by atoms with E-state index in [0.717, 1.165) is 17.0 Å². The van der Waals surface area contributed by atoms with E-state index in [1.54, 1.807) is 4.68 Å². The largest absolute Gasteiger partial charge is 0.385 e. The zero-order valence-corrected chi connectivity index (χ0v) is 10.4. The van der Waals surface area contributed by atoms with Gasteiger partial charge < -0.3 is 9.63 Å². The first-order chi connectivity index (χ1) is 8.04. The zero-order valence-electron chi connectivity index (χ0n) is 10.4. The van der Waals surface area contributed by atoms with Gasteiger partial charge in [0.1, 0.15) is 6.10 Å². The van der Waals surface area contributed by atoms with E-state index in [1.165, 1.54) is 0 Å². The second kappa shape index (κ2) is 4.29. The van der Waals surface area contributed by atoms with Gasteiger partial charge in [0.25, 0.3) is 5.89 Å². The van der Waals surface area contributed by atoms with Crippen LogP contribution in [0.1, 0.15) is 36.7 Å². The number of aromatic nitrogens is 4. The van der Waals surface area contributed by atoms with Crippen molar-refractivity contribution in [3.8, 4) is 11.5 Å². The van der Waals surface area contributed by atoms with Gasteiger partial charge in [0.05, 0.1) is 11.3 Å². The van der Waals surface area contributed by atoms with Crippen LogP contribution < -0.4 is 0 Å². The van der Waals surface area contributed by atoms with Crippen LogP contribution in [0.5, 0.6) is 0 Å². The molecule has 0 bridgehead atoms. The lowest BCUT2D eigenvalue weighted by Gasteiger charge is -1.98. The topological polar surface area (TPSA) is 77.0 Å². The number of rotatable bonds is 3. The first-order valence-corrected chi connectivity index (χ1v) is 5.56. The van der Waals surface area contributed by atoms with Crippen molar-refractivity contribution in [1.29, 1.82) is 0 Å². The summed E-state index contributed by atoms with van der Waals surface area (Å²) in [6, 6.07) is 0. The summed E-state index contributed by atoms with van der Waals surface area (Å²) < 4.78 is 6.94. The monoisotopic (exact) mass is 236 g/mol. The summed E-state index contributed by atoms with van der Waals surface area (Å²) >= 11 is 0. The molecular formula is C11H16N4O2. The van der Waals surface area contributed by atoms with Crippen LogP contribution in [-0.4, -0.2) is 25.0 Å². The summed E-state index contributed by atoms with van der Waals surface area (Å²) in [7, 11) is 1.87. The standard InChI is InChI=1S/C11H16N4O2/c1-5-8(16)10-12-11(17-14-10)9-6(2)13-15(4)7(9)3/h8,16H,5H2,1-4H3. The molecule has 0 saturated heterocycles. The number of aryl methyl sites for hydroxylation is 2. The lowest BCUT2D eigenvalue weighted by atomic mass is 10.2. The quantitative estimate of drug-likeness (QED) is 0.874. The maximum atomic E-state index is 9.63. The summed E-state index contributed by atoms with van der Waals surface area (Å²) in [6.07, 6.45) is -0.117. The first-order valence-electron chi connectivity index (χ1n) is 5.56. The van der Waals surface area contributed by atoms with Gasteiger partial charge in [0, 0.05) is 12.7 Å². The van der Waals surface area contributed by atoms with Gasteiger partial charge >= 0.3 is 0 Å². The van der Waals surface area contributed by atoms with Crippen molar-refractivity contribution in [2.75, 3.05) is 0 Å². The molecule has 6 nitrogen and oxygen atoms in total. The highest BCUT2D eigenvalue weighted by molar-refractivity contribution is 5.59. The van der Waals surface area contributed by atoms with Gasteiger partial charge in [-0.3, -0.25) is 4.68 Å². The van der Waals surface area contributed by atoms with E-state index in [-0.39, 0.29) is 0 Å². The van der Waals surface area contributed by atoms with Crippen LogP contribution in [0, 0.1) is 13.8 Å². The number of aliphatic hydroxyl groups is 1. The van der Waals surface area contributed by atoms with Gasteiger partial charge in [-0.15, -0.1) is 0 Å². The summed E-state index contributed by atoms with van der Waals surface area (Å²) in [4.78, 5) is 4.21. The van der Waals surface area contributed by atoms with E-state index < -0.39 is 6.10 Å². The predicted molar refractivity (Wildman–Crippen MR) is 61.2 cm³/mol. The Morgan fingerprint density at radius 3 is 2.65 bits per heavy atom. The van der Waals surface area contributed by atoms with E-state index >= 15 is 0 Å². The zero-order chi connectivity index (χ0) is 12.6. The fourth-order valence-corrected chi connectivity index (χ4v) is 1.74. The highest BCUT2D eigenvalue weighted by atomic mass is 16.5. The molecule has 0 aliphatic heterocycles. The lowest BCUT2D eigenvalue weighted by Crippen LogP contribution is -1.97. The molecule has 0 spiro atoms. The fraction of sp³-hybridized carbons (Fsp3) is 0.545. The Labute approximate surface area is 99.3 Å². The van der Waals surface area contributed by atoms with Gasteiger partial charge in [0.2, 0.25) is 5.82 Å². The molecule has 1 atom stereocenters. The molecule has 1 N–H and O–H groups in total. The molecule has 0 aliphatic rings. The van der Waals surface area contributed by atoms with Crippen LogP contribution >= 0.6 is 0 Å². The highest BCUT2D eigenvalue weighted by Gasteiger charge is 2.20. The Morgan fingerprint density at radius 1 is 1.41 bits per heavy atom. The molecule has 0 aromatic carbocycles. The smallest absolute Gasteiger partial charge is 0.261 e. The van der Waals surface area contributed by atoms with E-state index in [0.29, 0.717) is 18.1 Å². The average Bonchev–Trinajstić information content (AvgIpc) is 2.85. The van der Waals surface area contributed by atoms with Crippen molar-refractivity contribution in [2.24, 2.45) is 7.05 Å². The van der Waals surface area contributed by atoms with Gasteiger partial charge in [-0.1, -0.05) is 12.1 Å². The third-order valence-corrected chi connectivity index (χ3v) is 2.85. The van der Waals surface area contributed by atoms with Crippen LogP contribution in [-0.2, 0) is 7.05 Å². The number of hydrogen-bond acceptors (Lipinski definition) is 5. The third kappa shape index (κ3) is 1.95. The van der Waals surface area contributed by atoms with Gasteiger partial charge in [-0.2, -0.15) is 10.1 Å². The van der Waals surface area contributed by atoms with Crippen molar-refractivity contribution < 1.29 is 9.63 Å². The number of hydrogen-bond donors (Lipinski definition) is 1. The SMILES string of the molecule is CCC(O)c1noc(-c2c(C)nn(C)c2C)n1. The molecule has 0 aliphatic carbocycles. The normalized spacial score (nSPS) is 13.0. The van der Waals surface area contributed by atoms with Gasteiger partial charge in [0.15, 0.2) is 0 Å². The molecule has 0 amide bonds. The van der Waals surface area contributed by atoms with Crippen LogP contribution in [0.25, 0.3) is 11.5 Å². The van der Waals surface area contributed by atoms with Crippen molar-refractivity contribution in [1.82, 2.24) is 19.9 Å². The molecule has 0 fully saturated rings. The molecule has 2 rings (SSSR count). The number of aliphatic hydroxyl groups excluding tert-OH is 1. The molecule has 6 heteroatoms. The second-order valence-corrected chi connectivity index (χ2v) is 4.05. The highest BCUT2D eigenvalue weighted by Crippen LogP contribution is 2.26. The van der Waals surface area contributed by atoms with Crippen molar-refractivity contribution in [3.05, 3.63) is 17.2 Å². The van der Waals surface area contributed by atoms with E-state index in [9.17, 15) is 5.11 Å². The maximum absolute atomic E-state index is 9.63. The Balaban J connectivity index is 2.43. The van der Waals surface area contributed by atoms with Gasteiger partial charge in [-0.05, 0) is 20.3 Å². The molecule has 0 saturated carbocycles. The Bertz CT molecular complexity index is 530. The second-order valence-electron chi connectivity index (χ2n) is 4.05. The molecule has 17 heavy (non-hydrogen) atoms. The molecule has 0 radical (unpaired) electrons. The maximum Gasteiger partial charge on any atom is 0.261 e. The fourth-order valence-electron chi connectivity index (χ4n) is 1.74. The minimum absolute atomic E-state index is 0.324.